The van der Waals surface area contributed by atoms with Crippen LogP contribution in [0.15, 0.2) is 24.3 Å². The van der Waals surface area contributed by atoms with E-state index in [1.807, 2.05) is 12.1 Å². The van der Waals surface area contributed by atoms with Crippen LogP contribution in [0.5, 0.6) is 5.75 Å². The number of ether oxygens (including phenoxy) is 1. The Bertz CT molecular complexity index is 788. The lowest BCUT2D eigenvalue weighted by atomic mass is 9.81. The van der Waals surface area contributed by atoms with Crippen LogP contribution < -0.4 is 9.64 Å². The predicted octanol–water partition coefficient (Wildman–Crippen LogP) is 3.30. The lowest BCUT2D eigenvalue weighted by Crippen LogP contribution is -2.53. The summed E-state index contributed by atoms with van der Waals surface area (Å²) in [6.07, 6.45) is 8.14. The number of piperazine rings is 1. The van der Waals surface area contributed by atoms with E-state index in [0.717, 1.165) is 83.3 Å². The highest BCUT2D eigenvalue weighted by atomic mass is 16.5. The van der Waals surface area contributed by atoms with Gasteiger partial charge in [0, 0.05) is 38.3 Å². The van der Waals surface area contributed by atoms with Crippen LogP contribution in [0.1, 0.15) is 51.4 Å². The van der Waals surface area contributed by atoms with Gasteiger partial charge >= 0.3 is 0 Å². The molecule has 168 valence electrons. The van der Waals surface area contributed by atoms with E-state index in [4.69, 9.17) is 4.74 Å². The molecule has 2 amide bonds. The summed E-state index contributed by atoms with van der Waals surface area (Å²) in [6, 6.07) is 8.97. The van der Waals surface area contributed by atoms with Gasteiger partial charge in [0.05, 0.1) is 24.6 Å². The molecule has 0 spiro atoms. The van der Waals surface area contributed by atoms with Crippen molar-refractivity contribution in [3.63, 3.8) is 0 Å². The number of hydrogen-bond acceptors (Lipinski definition) is 5. The third-order valence-corrected chi connectivity index (χ3v) is 8.16. The number of para-hydroxylation sites is 2. The molecule has 0 radical (unpaired) electrons. The third kappa shape index (κ3) is 3.84. The Morgan fingerprint density at radius 2 is 1.35 bits per heavy atom. The topological polar surface area (TPSA) is 53.1 Å². The molecule has 4 aliphatic rings. The summed E-state index contributed by atoms with van der Waals surface area (Å²) in [6.45, 7) is 4.12. The molecule has 1 aromatic rings. The maximum absolute atomic E-state index is 12.9. The largest absolute Gasteiger partial charge is 0.495 e. The highest BCUT2D eigenvalue weighted by Crippen LogP contribution is 2.41. The van der Waals surface area contributed by atoms with Gasteiger partial charge in [-0.1, -0.05) is 25.0 Å². The zero-order chi connectivity index (χ0) is 21.4. The summed E-state index contributed by atoms with van der Waals surface area (Å²) < 4.78 is 5.54. The van der Waals surface area contributed by atoms with Crippen LogP contribution in [-0.2, 0) is 9.59 Å². The van der Waals surface area contributed by atoms with Gasteiger partial charge in [0.25, 0.3) is 0 Å². The minimum atomic E-state index is -0.0120. The Hall–Kier alpha value is -2.08. The Labute approximate surface area is 185 Å². The predicted molar refractivity (Wildman–Crippen MR) is 120 cm³/mol. The minimum absolute atomic E-state index is 0.0120. The zero-order valence-electron chi connectivity index (χ0n) is 18.7. The number of carbonyl (C=O) groups excluding carboxylic acids is 2. The van der Waals surface area contributed by atoms with Gasteiger partial charge in [-0.2, -0.15) is 0 Å². The van der Waals surface area contributed by atoms with Gasteiger partial charge in [-0.15, -0.1) is 0 Å². The van der Waals surface area contributed by atoms with Crippen LogP contribution >= 0.6 is 0 Å². The fourth-order valence-electron chi connectivity index (χ4n) is 6.45. The molecular formula is C25H35N3O3. The molecule has 2 saturated carbocycles. The lowest BCUT2D eigenvalue weighted by molar-refractivity contribution is -0.143. The van der Waals surface area contributed by atoms with Crippen molar-refractivity contribution in [3.8, 4) is 5.75 Å². The number of rotatable bonds is 4. The molecule has 2 saturated heterocycles. The number of hydrogen-bond donors (Lipinski definition) is 0. The second kappa shape index (κ2) is 8.81. The third-order valence-electron chi connectivity index (χ3n) is 8.16. The van der Waals surface area contributed by atoms with Gasteiger partial charge in [-0.25, -0.2) is 0 Å². The smallest absolute Gasteiger partial charge is 0.233 e. The number of fused-ring (bicyclic) bond motifs is 1. The summed E-state index contributed by atoms with van der Waals surface area (Å²) in [4.78, 5) is 32.6. The monoisotopic (exact) mass is 425 g/mol. The Kier molecular flexibility index (Phi) is 5.91. The fraction of sp³-hybridized carbons (Fsp3) is 0.680. The number of anilines is 1. The fourth-order valence-corrected chi connectivity index (χ4v) is 6.45. The molecule has 2 atom stereocenters. The second-order valence-electron chi connectivity index (χ2n) is 9.70. The highest BCUT2D eigenvalue weighted by molar-refractivity contribution is 6.05. The van der Waals surface area contributed by atoms with Crippen molar-refractivity contribution in [2.45, 2.75) is 63.5 Å². The number of carbonyl (C=O) groups is 2. The molecule has 31 heavy (non-hydrogen) atoms. The average Bonchev–Trinajstić information content (AvgIpc) is 3.09. The van der Waals surface area contributed by atoms with E-state index in [0.29, 0.717) is 6.04 Å². The van der Waals surface area contributed by atoms with Crippen molar-refractivity contribution in [2.24, 2.45) is 11.8 Å². The lowest BCUT2D eigenvalue weighted by Gasteiger charge is -2.43. The van der Waals surface area contributed by atoms with Crippen molar-refractivity contribution in [3.05, 3.63) is 24.3 Å². The van der Waals surface area contributed by atoms with Crippen LogP contribution in [0.4, 0.5) is 5.69 Å². The molecule has 0 N–H and O–H groups in total. The minimum Gasteiger partial charge on any atom is -0.495 e. The molecule has 0 unspecified atom stereocenters. The van der Waals surface area contributed by atoms with E-state index in [-0.39, 0.29) is 29.7 Å². The van der Waals surface area contributed by atoms with E-state index in [1.165, 1.54) is 5.69 Å². The van der Waals surface area contributed by atoms with Crippen LogP contribution in [0.3, 0.4) is 0 Å². The maximum atomic E-state index is 12.9. The SMILES string of the molecule is COc1ccccc1N1CCN(C2CCC(N3C(=O)[C@H]4CCCC[C@H]4C3=O)CC2)CC1. The number of imide groups is 1. The van der Waals surface area contributed by atoms with Gasteiger partial charge in [-0.3, -0.25) is 19.4 Å². The molecule has 5 rings (SSSR count). The Morgan fingerprint density at radius 1 is 0.774 bits per heavy atom. The van der Waals surface area contributed by atoms with E-state index < -0.39 is 0 Å². The van der Waals surface area contributed by atoms with Gasteiger partial charge < -0.3 is 9.64 Å². The number of nitrogens with zero attached hydrogens (tertiary/aromatic N) is 3. The first-order valence-corrected chi connectivity index (χ1v) is 12.2. The average molecular weight is 426 g/mol. The summed E-state index contributed by atoms with van der Waals surface area (Å²) >= 11 is 0. The number of amides is 2. The summed E-state index contributed by atoms with van der Waals surface area (Å²) in [5.74, 6) is 1.20. The van der Waals surface area contributed by atoms with Crippen LogP contribution in [0, 0.1) is 11.8 Å². The first-order chi connectivity index (χ1) is 15.2. The summed E-state index contributed by atoms with van der Waals surface area (Å²) in [7, 11) is 1.73. The van der Waals surface area contributed by atoms with E-state index in [2.05, 4.69) is 21.9 Å². The van der Waals surface area contributed by atoms with Crippen molar-refractivity contribution in [2.75, 3.05) is 38.2 Å². The molecule has 2 aliphatic carbocycles. The molecule has 2 aliphatic heterocycles. The van der Waals surface area contributed by atoms with Gasteiger partial charge in [-0.05, 0) is 50.7 Å². The first-order valence-electron chi connectivity index (χ1n) is 12.2. The Balaban J connectivity index is 1.15. The Morgan fingerprint density at radius 3 is 1.97 bits per heavy atom. The van der Waals surface area contributed by atoms with Crippen molar-refractivity contribution < 1.29 is 14.3 Å². The molecule has 0 bridgehead atoms. The molecule has 1 aromatic carbocycles. The van der Waals surface area contributed by atoms with E-state index in [1.54, 1.807) is 12.0 Å². The normalized spacial score (nSPS) is 32.3. The van der Waals surface area contributed by atoms with E-state index in [9.17, 15) is 9.59 Å². The second-order valence-corrected chi connectivity index (χ2v) is 9.70. The van der Waals surface area contributed by atoms with Crippen LogP contribution in [0.25, 0.3) is 0 Å². The number of methoxy groups -OCH3 is 1. The standard InChI is InChI=1S/C25H35N3O3/c1-31-23-9-5-4-8-22(23)27-16-14-26(15-17-27)18-10-12-19(13-11-18)28-24(29)20-6-2-3-7-21(20)25(28)30/h4-5,8-9,18-21H,2-3,6-7,10-17H2,1H3/t18?,19?,20-,21+. The zero-order valence-corrected chi connectivity index (χ0v) is 18.7. The van der Waals surface area contributed by atoms with Crippen molar-refractivity contribution in [1.29, 1.82) is 0 Å². The molecular weight excluding hydrogens is 390 g/mol. The van der Waals surface area contributed by atoms with Gasteiger partial charge in [0.1, 0.15) is 5.75 Å². The molecule has 0 aromatic heterocycles. The van der Waals surface area contributed by atoms with Gasteiger partial charge in [0.2, 0.25) is 11.8 Å². The summed E-state index contributed by atoms with van der Waals surface area (Å²) in [5.41, 5.74) is 1.18. The molecule has 6 heteroatoms. The summed E-state index contributed by atoms with van der Waals surface area (Å²) in [5, 5.41) is 0. The number of likely N-dealkylation sites (tertiary alicyclic amines) is 1. The van der Waals surface area contributed by atoms with Crippen LogP contribution in [-0.4, -0.2) is 67.0 Å². The van der Waals surface area contributed by atoms with E-state index >= 15 is 0 Å². The molecule has 2 heterocycles. The maximum Gasteiger partial charge on any atom is 0.233 e. The molecule has 6 nitrogen and oxygen atoms in total. The first kappa shape index (κ1) is 20.8. The van der Waals surface area contributed by atoms with Crippen molar-refractivity contribution in [1.82, 2.24) is 9.80 Å². The quantitative estimate of drug-likeness (QED) is 0.693. The van der Waals surface area contributed by atoms with Crippen molar-refractivity contribution >= 4 is 17.5 Å². The van der Waals surface area contributed by atoms with Crippen LogP contribution in [0.2, 0.25) is 0 Å². The highest BCUT2D eigenvalue weighted by Gasteiger charge is 2.50. The molecule has 4 fully saturated rings. The number of benzene rings is 1. The van der Waals surface area contributed by atoms with Gasteiger partial charge in [0.15, 0.2) is 0 Å².